The number of fused-ring (bicyclic) bond motifs is 1. The monoisotopic (exact) mass is 663 g/mol. The summed E-state index contributed by atoms with van der Waals surface area (Å²) in [5.41, 5.74) is 1.02. The molecule has 1 aromatic heterocycles. The molecular formula is C36H60N2O7P+. The Morgan fingerprint density at radius 2 is 1.39 bits per heavy atom. The summed E-state index contributed by atoms with van der Waals surface area (Å²) in [7, 11) is -4.22. The fraction of sp³-hybridized carbons (Fsp3) is 0.722. The molecule has 10 heteroatoms. The number of benzene rings is 1. The molecule has 1 fully saturated rings. The lowest BCUT2D eigenvalue weighted by Crippen LogP contribution is -2.36. The number of hydrogen-bond acceptors (Lipinski definition) is 6. The van der Waals surface area contributed by atoms with Crippen molar-refractivity contribution < 1.29 is 37.3 Å². The average molecular weight is 664 g/mol. The van der Waals surface area contributed by atoms with Crippen LogP contribution >= 0.6 is 7.82 Å². The van der Waals surface area contributed by atoms with Crippen LogP contribution in [0.5, 0.6) is 0 Å². The predicted molar refractivity (Wildman–Crippen MR) is 183 cm³/mol. The first-order valence-corrected chi connectivity index (χ1v) is 19.5. The van der Waals surface area contributed by atoms with Crippen molar-refractivity contribution in [1.82, 2.24) is 5.32 Å². The molecule has 2 N–H and O–H groups in total. The smallest absolute Gasteiger partial charge is 0.447 e. The van der Waals surface area contributed by atoms with E-state index in [1.807, 2.05) is 47.2 Å². The molecule has 1 aliphatic heterocycles. The minimum absolute atomic E-state index is 0.0307. The molecule has 0 saturated carbocycles. The molecule has 0 bridgehead atoms. The molecular weight excluding hydrogens is 603 g/mol. The molecule has 1 amide bonds. The molecule has 3 rings (SSSR count). The zero-order valence-electron chi connectivity index (χ0n) is 28.3. The number of unbranched alkanes of at least 4 members (excludes halogenated alkanes) is 15. The van der Waals surface area contributed by atoms with Crippen LogP contribution in [0.15, 0.2) is 42.6 Å². The Balaban J connectivity index is 1.11. The third-order valence-corrected chi connectivity index (χ3v) is 9.68. The van der Waals surface area contributed by atoms with Gasteiger partial charge in [-0.25, -0.2) is 9.36 Å². The van der Waals surface area contributed by atoms with Gasteiger partial charge < -0.3 is 19.7 Å². The minimum atomic E-state index is -4.22. The number of aromatic nitrogens is 1. The van der Waals surface area contributed by atoms with E-state index >= 15 is 0 Å². The summed E-state index contributed by atoms with van der Waals surface area (Å²) in [4.78, 5) is 22.2. The molecule has 1 saturated heterocycles. The van der Waals surface area contributed by atoms with E-state index in [1.165, 1.54) is 89.9 Å². The second kappa shape index (κ2) is 23.3. The summed E-state index contributed by atoms with van der Waals surface area (Å²) < 4.78 is 35.9. The summed E-state index contributed by atoms with van der Waals surface area (Å²) in [6.45, 7) is 3.42. The van der Waals surface area contributed by atoms with Crippen LogP contribution in [0.2, 0.25) is 0 Å². The van der Waals surface area contributed by atoms with Gasteiger partial charge in [-0.15, -0.1) is 0 Å². The lowest BCUT2D eigenvalue weighted by molar-refractivity contribution is -0.672. The Labute approximate surface area is 277 Å². The van der Waals surface area contributed by atoms with Gasteiger partial charge in [0.05, 0.1) is 18.8 Å². The molecule has 1 aliphatic rings. The SMILES string of the molecule is CCCCCCCCCCCCCCCCCCNC(=O)OC[C@@H]1CC[C@H](COP(=O)(O)OCC[n+]2cccc3ccccc32)O1. The Bertz CT molecular complexity index is 1150. The van der Waals surface area contributed by atoms with Gasteiger partial charge in [0.25, 0.3) is 0 Å². The Kier molecular flexibility index (Phi) is 19.5. The maximum Gasteiger partial charge on any atom is 0.472 e. The normalized spacial score (nSPS) is 17.7. The molecule has 0 radical (unpaired) electrons. The van der Waals surface area contributed by atoms with Crippen molar-refractivity contribution in [3.63, 3.8) is 0 Å². The van der Waals surface area contributed by atoms with E-state index in [1.54, 1.807) is 0 Å². The number of amides is 1. The third kappa shape index (κ3) is 16.7. The van der Waals surface area contributed by atoms with E-state index in [2.05, 4.69) is 12.2 Å². The quantitative estimate of drug-likeness (QED) is 0.0589. The van der Waals surface area contributed by atoms with Crippen LogP contribution in [0.25, 0.3) is 10.9 Å². The van der Waals surface area contributed by atoms with Crippen LogP contribution in [-0.4, -0.2) is 49.6 Å². The molecule has 3 atom stereocenters. The molecule has 0 aliphatic carbocycles. The van der Waals surface area contributed by atoms with Crippen LogP contribution < -0.4 is 9.88 Å². The molecule has 2 aromatic rings. The Hall–Kier alpha value is -2.03. The number of nitrogens with one attached hydrogen (secondary N) is 1. The first-order valence-electron chi connectivity index (χ1n) is 18.0. The second-order valence-electron chi connectivity index (χ2n) is 12.6. The largest absolute Gasteiger partial charge is 0.472 e. The highest BCUT2D eigenvalue weighted by molar-refractivity contribution is 7.47. The van der Waals surface area contributed by atoms with Crippen LogP contribution in [-0.2, 0) is 29.6 Å². The first kappa shape index (κ1) is 38.4. The van der Waals surface area contributed by atoms with Crippen LogP contribution in [0.4, 0.5) is 4.79 Å². The van der Waals surface area contributed by atoms with Crippen molar-refractivity contribution in [2.45, 2.75) is 141 Å². The van der Waals surface area contributed by atoms with E-state index in [0.29, 0.717) is 25.9 Å². The number of para-hydroxylation sites is 1. The number of ether oxygens (including phenoxy) is 2. The van der Waals surface area contributed by atoms with E-state index in [-0.39, 0.29) is 32.0 Å². The summed E-state index contributed by atoms with van der Waals surface area (Å²) in [6.07, 6.45) is 23.4. The topological polar surface area (TPSA) is 107 Å². The lowest BCUT2D eigenvalue weighted by Gasteiger charge is -2.16. The molecule has 9 nitrogen and oxygen atoms in total. The lowest BCUT2D eigenvalue weighted by atomic mass is 10.0. The van der Waals surface area contributed by atoms with Gasteiger partial charge in [0.15, 0.2) is 12.7 Å². The zero-order chi connectivity index (χ0) is 32.7. The molecule has 260 valence electrons. The van der Waals surface area contributed by atoms with Crippen molar-refractivity contribution >= 4 is 24.8 Å². The highest BCUT2D eigenvalue weighted by Gasteiger charge is 2.30. The van der Waals surface area contributed by atoms with Gasteiger partial charge in [-0.2, -0.15) is 4.57 Å². The van der Waals surface area contributed by atoms with Gasteiger partial charge in [-0.1, -0.05) is 115 Å². The minimum Gasteiger partial charge on any atom is -0.447 e. The standard InChI is InChI=1S/C36H59N2O7P/c1-2-3-4-5-6-7-8-9-10-11-12-13-14-15-16-19-26-37-36(39)42-30-33-24-25-34(45-33)31-44-46(40,41)43-29-28-38-27-20-22-32-21-17-18-23-35(32)38/h17-18,20-23,27,33-34H,2-16,19,24-26,28-31H2,1H3,(H-,37,39,40,41)/p+1/t33-,34+/m0/s1. The number of rotatable bonds is 26. The number of nitrogens with zero attached hydrogens (tertiary/aromatic N) is 1. The number of phosphoric acid groups is 1. The van der Waals surface area contributed by atoms with Crippen molar-refractivity contribution in [3.05, 3.63) is 42.6 Å². The summed E-state index contributed by atoms with van der Waals surface area (Å²) >= 11 is 0. The molecule has 46 heavy (non-hydrogen) atoms. The molecule has 2 heterocycles. The number of phosphoric ester groups is 1. The van der Waals surface area contributed by atoms with Gasteiger partial charge in [-0.3, -0.25) is 9.05 Å². The van der Waals surface area contributed by atoms with E-state index in [0.717, 1.165) is 23.7 Å². The fourth-order valence-corrected chi connectivity index (χ4v) is 6.74. The summed E-state index contributed by atoms with van der Waals surface area (Å²) in [5.74, 6) is 0. The van der Waals surface area contributed by atoms with Crippen molar-refractivity contribution in [2.75, 3.05) is 26.4 Å². The number of carbonyl (C=O) groups excluding carboxylic acids is 1. The van der Waals surface area contributed by atoms with E-state index in [4.69, 9.17) is 18.5 Å². The van der Waals surface area contributed by atoms with Gasteiger partial charge in [0.1, 0.15) is 13.2 Å². The second-order valence-corrected chi connectivity index (χ2v) is 14.1. The highest BCUT2D eigenvalue weighted by Crippen LogP contribution is 2.43. The average Bonchev–Trinajstić information content (AvgIpc) is 3.52. The van der Waals surface area contributed by atoms with Crippen molar-refractivity contribution in [2.24, 2.45) is 0 Å². The highest BCUT2D eigenvalue weighted by atomic mass is 31.2. The van der Waals surface area contributed by atoms with Gasteiger partial charge in [0, 0.05) is 24.1 Å². The van der Waals surface area contributed by atoms with E-state index in [9.17, 15) is 14.3 Å². The predicted octanol–water partition coefficient (Wildman–Crippen LogP) is 8.80. The van der Waals surface area contributed by atoms with Gasteiger partial charge >= 0.3 is 13.9 Å². The maximum absolute atomic E-state index is 12.4. The molecule has 1 unspecified atom stereocenters. The fourth-order valence-electron chi connectivity index (χ4n) is 5.99. The van der Waals surface area contributed by atoms with E-state index < -0.39 is 13.9 Å². The summed E-state index contributed by atoms with van der Waals surface area (Å²) in [5, 5.41) is 3.91. The maximum atomic E-state index is 12.4. The first-order chi connectivity index (χ1) is 22.5. The van der Waals surface area contributed by atoms with Crippen molar-refractivity contribution in [1.29, 1.82) is 0 Å². The van der Waals surface area contributed by atoms with Gasteiger partial charge in [0.2, 0.25) is 5.52 Å². The van der Waals surface area contributed by atoms with Crippen LogP contribution in [0, 0.1) is 0 Å². The number of carbonyl (C=O) groups is 1. The van der Waals surface area contributed by atoms with Crippen LogP contribution in [0.3, 0.4) is 0 Å². The van der Waals surface area contributed by atoms with Crippen LogP contribution in [0.1, 0.15) is 122 Å². The number of alkyl carbamates (subject to hydrolysis) is 1. The number of pyridine rings is 1. The van der Waals surface area contributed by atoms with Gasteiger partial charge in [-0.05, 0) is 31.4 Å². The summed E-state index contributed by atoms with van der Waals surface area (Å²) in [6, 6.07) is 11.9. The van der Waals surface area contributed by atoms with Crippen molar-refractivity contribution in [3.8, 4) is 0 Å². The Morgan fingerprint density at radius 3 is 2.04 bits per heavy atom. The zero-order valence-corrected chi connectivity index (χ0v) is 29.1. The molecule has 0 spiro atoms. The third-order valence-electron chi connectivity index (χ3n) is 8.69. The molecule has 1 aromatic carbocycles. The number of hydrogen-bond donors (Lipinski definition) is 2. The Morgan fingerprint density at radius 1 is 0.826 bits per heavy atom.